The van der Waals surface area contributed by atoms with Gasteiger partial charge in [-0.1, -0.05) is 45.4 Å². The fourth-order valence-electron chi connectivity index (χ4n) is 2.84. The Morgan fingerprint density at radius 2 is 1.57 bits per heavy atom. The summed E-state index contributed by atoms with van der Waals surface area (Å²) >= 11 is 6.72. The van der Waals surface area contributed by atoms with E-state index in [0.29, 0.717) is 15.2 Å². The summed E-state index contributed by atoms with van der Waals surface area (Å²) < 4.78 is 16.8. The zero-order valence-corrected chi connectivity index (χ0v) is 23.4. The van der Waals surface area contributed by atoms with Crippen molar-refractivity contribution in [1.29, 1.82) is 0 Å². The minimum atomic E-state index is -0.963. The molecule has 0 aliphatic carbocycles. The third-order valence-electron chi connectivity index (χ3n) is 4.24. The molecule has 0 spiro atoms. The number of anilines is 1. The number of carbonyl (C=O) groups excluding carboxylic acids is 2. The number of hydrogen-bond donors (Lipinski definition) is 0. The van der Waals surface area contributed by atoms with Crippen LogP contribution in [-0.4, -0.2) is 38.5 Å². The van der Waals surface area contributed by atoms with Crippen LogP contribution in [0.5, 0.6) is 0 Å². The molecule has 2 aromatic heterocycles. The zero-order chi connectivity index (χ0) is 26.0. The number of carbonyl (C=O) groups is 2. The van der Waals surface area contributed by atoms with Crippen LogP contribution in [0.2, 0.25) is 0 Å². The van der Waals surface area contributed by atoms with Crippen LogP contribution in [-0.2, 0) is 14.8 Å². The minimum absolute atomic E-state index is 0.104. The van der Waals surface area contributed by atoms with Gasteiger partial charge in [0.05, 0.1) is 6.20 Å². The van der Waals surface area contributed by atoms with Gasteiger partial charge >= 0.3 is 12.2 Å². The highest BCUT2D eigenvalue weighted by molar-refractivity contribution is 9.10. The number of benzene rings is 1. The van der Waals surface area contributed by atoms with E-state index in [1.165, 1.54) is 6.20 Å². The summed E-state index contributed by atoms with van der Waals surface area (Å²) in [5.74, 6) is 0.0829. The van der Waals surface area contributed by atoms with Crippen molar-refractivity contribution in [2.24, 2.45) is 0 Å². The number of alkyl halides is 1. The molecule has 0 saturated carbocycles. The van der Waals surface area contributed by atoms with Gasteiger partial charge in [0.2, 0.25) is 0 Å². The molecule has 0 saturated heterocycles. The molecule has 0 aliphatic rings. The third-order valence-corrected chi connectivity index (χ3v) is 5.26. The summed E-state index contributed by atoms with van der Waals surface area (Å²) in [7, 11) is 0. The molecule has 35 heavy (non-hydrogen) atoms. The first-order chi connectivity index (χ1) is 16.3. The molecule has 9 nitrogen and oxygen atoms in total. The summed E-state index contributed by atoms with van der Waals surface area (Å²) in [4.78, 5) is 35.6. The van der Waals surface area contributed by atoms with E-state index in [-0.39, 0.29) is 17.3 Å². The average Bonchev–Trinajstić information content (AvgIpc) is 3.22. The molecule has 1 aromatic carbocycles. The molecular formula is C24H26Br2N4O5. The first-order valence-corrected chi connectivity index (χ1v) is 12.6. The summed E-state index contributed by atoms with van der Waals surface area (Å²) in [6.45, 7) is 10.1. The van der Waals surface area contributed by atoms with Gasteiger partial charge < -0.3 is 14.0 Å². The Kier molecular flexibility index (Phi) is 8.00. The van der Waals surface area contributed by atoms with Gasteiger partial charge in [-0.05, 0) is 63.0 Å². The van der Waals surface area contributed by atoms with E-state index in [4.69, 9.17) is 14.0 Å². The first kappa shape index (κ1) is 26.8. The lowest BCUT2D eigenvalue weighted by molar-refractivity contribution is 0.0429. The predicted octanol–water partition coefficient (Wildman–Crippen LogP) is 7.13. The topological polar surface area (TPSA) is 108 Å². The largest absolute Gasteiger partial charge is 0.443 e. The van der Waals surface area contributed by atoms with Crippen LogP contribution in [0, 0.1) is 0 Å². The molecule has 11 heteroatoms. The number of rotatable bonds is 4. The predicted molar refractivity (Wildman–Crippen MR) is 138 cm³/mol. The van der Waals surface area contributed by atoms with Crippen molar-refractivity contribution in [3.63, 3.8) is 0 Å². The second-order valence-electron chi connectivity index (χ2n) is 9.57. The molecule has 0 aliphatic heterocycles. The maximum Gasteiger partial charge on any atom is 0.425 e. The lowest BCUT2D eigenvalue weighted by Gasteiger charge is -2.28. The Bertz CT molecular complexity index is 1190. The van der Waals surface area contributed by atoms with E-state index >= 15 is 0 Å². The Labute approximate surface area is 220 Å². The van der Waals surface area contributed by atoms with Crippen LogP contribution < -0.4 is 4.90 Å². The molecule has 0 N–H and O–H groups in total. The van der Waals surface area contributed by atoms with Gasteiger partial charge in [0.1, 0.15) is 21.5 Å². The maximum absolute atomic E-state index is 13.1. The Morgan fingerprint density at radius 3 is 2.09 bits per heavy atom. The van der Waals surface area contributed by atoms with Gasteiger partial charge in [-0.25, -0.2) is 19.6 Å². The molecule has 0 bridgehead atoms. The Morgan fingerprint density at radius 1 is 1.00 bits per heavy atom. The highest BCUT2D eigenvalue weighted by Gasteiger charge is 2.36. The molecule has 2 amide bonds. The van der Waals surface area contributed by atoms with E-state index < -0.39 is 23.4 Å². The van der Waals surface area contributed by atoms with Crippen molar-refractivity contribution < 1.29 is 23.6 Å². The molecular weight excluding hydrogens is 584 g/mol. The van der Waals surface area contributed by atoms with Gasteiger partial charge in [-0.15, -0.1) is 0 Å². The molecule has 3 rings (SSSR count). The van der Waals surface area contributed by atoms with Crippen molar-refractivity contribution >= 4 is 49.9 Å². The molecule has 0 unspecified atom stereocenters. The second kappa shape index (κ2) is 10.4. The molecule has 0 radical (unpaired) electrons. The number of aromatic nitrogens is 3. The van der Waals surface area contributed by atoms with Gasteiger partial charge in [-0.3, -0.25) is 0 Å². The van der Waals surface area contributed by atoms with Crippen LogP contribution in [0.15, 0.2) is 45.7 Å². The highest BCUT2D eigenvalue weighted by atomic mass is 79.9. The number of imide groups is 1. The smallest absolute Gasteiger partial charge is 0.425 e. The fraction of sp³-hybridized carbons (Fsp3) is 0.375. The van der Waals surface area contributed by atoms with Crippen molar-refractivity contribution in [1.82, 2.24) is 15.1 Å². The Balaban J connectivity index is 2.09. The number of amides is 2. The van der Waals surface area contributed by atoms with Crippen molar-refractivity contribution in [2.75, 3.05) is 4.90 Å². The lowest BCUT2D eigenvalue weighted by Crippen LogP contribution is -2.44. The second-order valence-corrected chi connectivity index (χ2v) is 10.9. The number of nitrogens with zero attached hydrogens (tertiary/aromatic N) is 4. The van der Waals surface area contributed by atoms with Gasteiger partial charge in [-0.2, -0.15) is 4.90 Å². The van der Waals surface area contributed by atoms with Crippen LogP contribution in [0.25, 0.3) is 22.7 Å². The van der Waals surface area contributed by atoms with Crippen LogP contribution >= 0.6 is 31.9 Å². The Hall–Kier alpha value is -2.79. The first-order valence-electron chi connectivity index (χ1n) is 10.7. The van der Waals surface area contributed by atoms with Gasteiger partial charge in [0.15, 0.2) is 17.3 Å². The summed E-state index contributed by atoms with van der Waals surface area (Å²) in [5.41, 5.74) is 0.845. The summed E-state index contributed by atoms with van der Waals surface area (Å²) in [6.07, 6.45) is -0.568. The number of halogens is 2. The van der Waals surface area contributed by atoms with Crippen molar-refractivity contribution in [3.05, 3.63) is 46.7 Å². The molecule has 0 fully saturated rings. The standard InChI is InChI=1S/C24H26Br2N4O5/c1-23(2,3)33-21(31)30(22(32)34-24(4,5)6)20-19(28-18(26)13-27-20)17-11-16(29-35-17)15-9-7-14(12-25)8-10-15/h7-11,13H,12H2,1-6H3. The fourth-order valence-corrected chi connectivity index (χ4v) is 3.49. The minimum Gasteiger partial charge on any atom is -0.443 e. The molecule has 2 heterocycles. The monoisotopic (exact) mass is 608 g/mol. The number of ether oxygens (including phenoxy) is 2. The SMILES string of the molecule is CC(C)(C)OC(=O)N(C(=O)OC(C)(C)C)c1ncc(Br)nc1-c1cc(-c2ccc(CBr)cc2)no1. The van der Waals surface area contributed by atoms with E-state index in [9.17, 15) is 9.59 Å². The maximum atomic E-state index is 13.1. The van der Waals surface area contributed by atoms with Crippen molar-refractivity contribution in [2.45, 2.75) is 58.1 Å². The normalized spacial score (nSPS) is 11.8. The van der Waals surface area contributed by atoms with E-state index in [0.717, 1.165) is 16.5 Å². The summed E-state index contributed by atoms with van der Waals surface area (Å²) in [6, 6.07) is 9.43. The van der Waals surface area contributed by atoms with Gasteiger partial charge in [0.25, 0.3) is 0 Å². The molecule has 0 atom stereocenters. The quantitative estimate of drug-likeness (QED) is 0.287. The molecule has 3 aromatic rings. The van der Waals surface area contributed by atoms with E-state index in [1.54, 1.807) is 47.6 Å². The third kappa shape index (κ3) is 7.11. The molecule has 186 valence electrons. The van der Waals surface area contributed by atoms with E-state index in [1.807, 2.05) is 24.3 Å². The number of hydrogen-bond acceptors (Lipinski definition) is 8. The van der Waals surface area contributed by atoms with Crippen LogP contribution in [0.4, 0.5) is 15.4 Å². The van der Waals surface area contributed by atoms with Crippen LogP contribution in [0.3, 0.4) is 0 Å². The van der Waals surface area contributed by atoms with Crippen LogP contribution in [0.1, 0.15) is 47.1 Å². The summed E-state index contributed by atoms with van der Waals surface area (Å²) in [5, 5.41) is 4.87. The average molecular weight is 610 g/mol. The highest BCUT2D eigenvalue weighted by Crippen LogP contribution is 2.33. The van der Waals surface area contributed by atoms with Gasteiger partial charge in [0, 0.05) is 17.0 Å². The lowest BCUT2D eigenvalue weighted by atomic mass is 10.1. The van der Waals surface area contributed by atoms with Crippen molar-refractivity contribution in [3.8, 4) is 22.7 Å². The van der Waals surface area contributed by atoms with E-state index in [2.05, 4.69) is 47.0 Å². The zero-order valence-electron chi connectivity index (χ0n) is 20.3.